The van der Waals surface area contributed by atoms with Gasteiger partial charge in [-0.2, -0.15) is 4.31 Å². The average Bonchev–Trinajstić information content (AvgIpc) is 3.09. The second-order valence-corrected chi connectivity index (χ2v) is 9.62. The molecule has 1 heterocycles. The van der Waals surface area contributed by atoms with Gasteiger partial charge >= 0.3 is 0 Å². The van der Waals surface area contributed by atoms with Crippen LogP contribution in [0.4, 0.5) is 0 Å². The van der Waals surface area contributed by atoms with Crippen LogP contribution in [-0.4, -0.2) is 51.4 Å². The number of carbonyl (C=O) groups excluding carboxylic acids is 1. The normalized spacial score (nSPS) is 19.7. The van der Waals surface area contributed by atoms with E-state index in [1.807, 2.05) is 18.2 Å². The second kappa shape index (κ2) is 9.05. The van der Waals surface area contributed by atoms with Gasteiger partial charge in [-0.15, -0.1) is 0 Å². The van der Waals surface area contributed by atoms with E-state index in [-0.39, 0.29) is 23.4 Å². The molecule has 0 spiro atoms. The summed E-state index contributed by atoms with van der Waals surface area (Å²) in [4.78, 5) is 13.9. The molecule has 1 saturated heterocycles. The van der Waals surface area contributed by atoms with Crippen molar-refractivity contribution in [1.29, 1.82) is 0 Å². The van der Waals surface area contributed by atoms with Crippen molar-refractivity contribution in [2.75, 3.05) is 26.7 Å². The minimum Gasteiger partial charge on any atom is -0.346 e. The van der Waals surface area contributed by atoms with Gasteiger partial charge in [0.15, 0.2) is 0 Å². The summed E-state index contributed by atoms with van der Waals surface area (Å²) in [5.41, 5.74) is 1.28. The number of nitrogens with one attached hydrogen (secondary N) is 2. The van der Waals surface area contributed by atoms with Crippen molar-refractivity contribution in [1.82, 2.24) is 9.62 Å². The van der Waals surface area contributed by atoms with Gasteiger partial charge in [-0.05, 0) is 24.3 Å². The Kier molecular flexibility index (Phi) is 6.72. The summed E-state index contributed by atoms with van der Waals surface area (Å²) in [5.74, 6) is -0.286. The highest BCUT2D eigenvalue weighted by Crippen LogP contribution is 2.17. The van der Waals surface area contributed by atoms with Crippen molar-refractivity contribution in [3.63, 3.8) is 0 Å². The van der Waals surface area contributed by atoms with E-state index in [4.69, 9.17) is 11.6 Å². The number of benzene rings is 2. The summed E-state index contributed by atoms with van der Waals surface area (Å²) < 4.78 is 26.2. The average molecular weight is 423 g/mol. The smallest absolute Gasteiger partial charge is 0.243 e. The number of hydrogen-bond acceptors (Lipinski definition) is 3. The number of hydrogen-bond donors (Lipinski definition) is 2. The molecule has 3 rings (SSSR count). The van der Waals surface area contributed by atoms with Crippen molar-refractivity contribution in [3.8, 4) is 0 Å². The number of likely N-dealkylation sites (tertiary alicyclic amines) is 1. The largest absolute Gasteiger partial charge is 0.346 e. The molecule has 1 aliphatic rings. The van der Waals surface area contributed by atoms with Gasteiger partial charge in [-0.1, -0.05) is 41.9 Å². The van der Waals surface area contributed by atoms with Crippen LogP contribution in [0, 0.1) is 0 Å². The minimum absolute atomic E-state index is 0.0675. The molecule has 2 atom stereocenters. The fourth-order valence-corrected chi connectivity index (χ4v) is 4.70. The van der Waals surface area contributed by atoms with Crippen LogP contribution in [0.2, 0.25) is 5.02 Å². The number of nitrogens with zero attached hydrogens (tertiary/aromatic N) is 1. The number of halogens is 1. The van der Waals surface area contributed by atoms with Crippen LogP contribution in [0.1, 0.15) is 12.0 Å². The molecule has 2 aromatic rings. The quantitative estimate of drug-likeness (QED) is 0.697. The number of quaternary nitrogens is 1. The van der Waals surface area contributed by atoms with E-state index in [9.17, 15) is 13.2 Å². The molecule has 6 nitrogen and oxygen atoms in total. The molecule has 0 bridgehead atoms. The summed E-state index contributed by atoms with van der Waals surface area (Å²) >= 11 is 5.81. The summed E-state index contributed by atoms with van der Waals surface area (Å²) in [6, 6.07) is 16.3. The Morgan fingerprint density at radius 1 is 1.18 bits per heavy atom. The molecule has 2 aromatic carbocycles. The minimum atomic E-state index is -3.73. The number of amides is 1. The van der Waals surface area contributed by atoms with E-state index < -0.39 is 10.0 Å². The highest BCUT2D eigenvalue weighted by atomic mass is 35.5. The molecule has 150 valence electrons. The van der Waals surface area contributed by atoms with Crippen molar-refractivity contribution in [3.05, 3.63) is 65.2 Å². The summed E-state index contributed by atoms with van der Waals surface area (Å²) in [6.07, 6.45) is 0.890. The lowest BCUT2D eigenvalue weighted by Crippen LogP contribution is -3.09. The van der Waals surface area contributed by atoms with Gasteiger partial charge in [0.05, 0.1) is 30.6 Å². The number of rotatable bonds is 7. The van der Waals surface area contributed by atoms with Crippen LogP contribution in [0.15, 0.2) is 59.5 Å². The van der Waals surface area contributed by atoms with Gasteiger partial charge in [-0.25, -0.2) is 8.42 Å². The maximum Gasteiger partial charge on any atom is 0.243 e. The van der Waals surface area contributed by atoms with E-state index in [2.05, 4.69) is 17.4 Å². The highest BCUT2D eigenvalue weighted by Gasteiger charge is 2.29. The topological polar surface area (TPSA) is 70.9 Å². The molecule has 1 amide bonds. The third-order valence-corrected chi connectivity index (χ3v) is 7.00. The first-order valence-electron chi connectivity index (χ1n) is 9.23. The number of likely N-dealkylation sites (N-methyl/N-ethyl adjacent to an activating group) is 1. The van der Waals surface area contributed by atoms with E-state index in [1.165, 1.54) is 41.8 Å². The van der Waals surface area contributed by atoms with Crippen LogP contribution in [0.3, 0.4) is 0 Å². The molecule has 1 aliphatic heterocycles. The second-order valence-electron chi connectivity index (χ2n) is 7.13. The predicted molar refractivity (Wildman–Crippen MR) is 109 cm³/mol. The maximum atomic E-state index is 12.6. The third-order valence-electron chi connectivity index (χ3n) is 4.93. The lowest BCUT2D eigenvalue weighted by molar-refractivity contribution is -0.901. The maximum absolute atomic E-state index is 12.6. The molecule has 1 fully saturated rings. The van der Waals surface area contributed by atoms with Gasteiger partial charge in [0, 0.05) is 24.1 Å². The molecule has 0 saturated carbocycles. The standard InChI is InChI=1S/C20H24ClN3O3S/c1-23(28(26,27)19-9-7-17(21)8-10-19)15-20(25)22-18-11-12-24(14-18)13-16-5-3-2-4-6-16/h2-10,18H,11-15H2,1H3,(H,22,25)/p+1/t18-/m1/s1. The molecular weight excluding hydrogens is 398 g/mol. The first-order chi connectivity index (χ1) is 13.3. The van der Waals surface area contributed by atoms with E-state index >= 15 is 0 Å². The lowest BCUT2D eigenvalue weighted by atomic mass is 10.2. The van der Waals surface area contributed by atoms with Crippen molar-refractivity contribution in [2.45, 2.75) is 23.9 Å². The zero-order valence-electron chi connectivity index (χ0n) is 15.8. The van der Waals surface area contributed by atoms with Gasteiger partial charge in [0.25, 0.3) is 0 Å². The van der Waals surface area contributed by atoms with Gasteiger partial charge in [-0.3, -0.25) is 4.79 Å². The Balaban J connectivity index is 1.50. The SMILES string of the molecule is CN(CC(=O)N[C@@H]1CC[NH+](Cc2ccccc2)C1)S(=O)(=O)c1ccc(Cl)cc1. The highest BCUT2D eigenvalue weighted by molar-refractivity contribution is 7.89. The van der Waals surface area contributed by atoms with Crippen LogP contribution < -0.4 is 10.2 Å². The van der Waals surface area contributed by atoms with E-state index in [0.29, 0.717) is 5.02 Å². The summed E-state index contributed by atoms with van der Waals surface area (Å²) in [5, 5.41) is 3.43. The van der Waals surface area contributed by atoms with Crippen LogP contribution in [0.25, 0.3) is 0 Å². The molecular formula is C20H25ClN3O3S+. The third kappa shape index (κ3) is 5.32. The molecule has 0 aliphatic carbocycles. The van der Waals surface area contributed by atoms with Crippen molar-refractivity contribution in [2.24, 2.45) is 0 Å². The fraction of sp³-hybridized carbons (Fsp3) is 0.350. The van der Waals surface area contributed by atoms with Crippen molar-refractivity contribution < 1.29 is 18.1 Å². The molecule has 1 unspecified atom stereocenters. The van der Waals surface area contributed by atoms with Crippen LogP contribution >= 0.6 is 11.6 Å². The summed E-state index contributed by atoms with van der Waals surface area (Å²) in [7, 11) is -2.32. The molecule has 8 heteroatoms. The van der Waals surface area contributed by atoms with Crippen LogP contribution in [-0.2, 0) is 21.4 Å². The van der Waals surface area contributed by atoms with E-state index in [0.717, 1.165) is 30.4 Å². The predicted octanol–water partition coefficient (Wildman–Crippen LogP) is 0.934. The molecule has 0 radical (unpaired) electrons. The number of carbonyl (C=O) groups is 1. The Morgan fingerprint density at radius 2 is 1.86 bits per heavy atom. The van der Waals surface area contributed by atoms with Gasteiger partial charge in [0.2, 0.25) is 15.9 Å². The molecule has 28 heavy (non-hydrogen) atoms. The Labute approximate surface area is 171 Å². The first-order valence-corrected chi connectivity index (χ1v) is 11.0. The lowest BCUT2D eigenvalue weighted by Gasteiger charge is -2.18. The molecule has 2 N–H and O–H groups in total. The monoisotopic (exact) mass is 422 g/mol. The Hall–Kier alpha value is -1.93. The van der Waals surface area contributed by atoms with Gasteiger partial charge in [0.1, 0.15) is 6.54 Å². The molecule has 0 aromatic heterocycles. The van der Waals surface area contributed by atoms with Crippen LogP contribution in [0.5, 0.6) is 0 Å². The Bertz CT molecular complexity index is 904. The van der Waals surface area contributed by atoms with E-state index in [1.54, 1.807) is 0 Å². The van der Waals surface area contributed by atoms with Gasteiger partial charge < -0.3 is 10.2 Å². The fourth-order valence-electron chi connectivity index (χ4n) is 3.45. The zero-order chi connectivity index (χ0) is 20.1. The summed E-state index contributed by atoms with van der Waals surface area (Å²) in [6.45, 7) is 2.54. The first kappa shape index (κ1) is 20.8. The zero-order valence-corrected chi connectivity index (χ0v) is 17.3. The Morgan fingerprint density at radius 3 is 2.54 bits per heavy atom. The van der Waals surface area contributed by atoms with Crippen molar-refractivity contribution >= 4 is 27.5 Å². The number of sulfonamides is 1.